The predicted molar refractivity (Wildman–Crippen MR) is 119 cm³/mol. The molecule has 176 valence electrons. The van der Waals surface area contributed by atoms with Crippen molar-refractivity contribution in [1.29, 1.82) is 0 Å². The Morgan fingerprint density at radius 1 is 1.09 bits per heavy atom. The fraction of sp³-hybridized carbons (Fsp3) is 0.520. The van der Waals surface area contributed by atoms with Gasteiger partial charge < -0.3 is 19.3 Å². The first-order valence-electron chi connectivity index (χ1n) is 11.0. The number of carbonyl (C=O) groups excluding carboxylic acids is 1. The maximum atomic E-state index is 14.4. The molecule has 1 aromatic rings. The van der Waals surface area contributed by atoms with Crippen molar-refractivity contribution >= 4 is 11.9 Å². The summed E-state index contributed by atoms with van der Waals surface area (Å²) in [6, 6.07) is 2.27. The average Bonchev–Trinajstić information content (AvgIpc) is 2.69. The zero-order chi connectivity index (χ0) is 24.0. The normalized spacial score (nSPS) is 16.1. The van der Waals surface area contributed by atoms with Gasteiger partial charge in [-0.25, -0.2) is 9.18 Å². The SMILES string of the molecule is CC(C)OC1=CC(C(=O)OCCOc2cc(C(=O)O)cc(F)c2C(C)C)CC=C1C(C)C. The number of hydrogen-bond acceptors (Lipinski definition) is 5. The van der Waals surface area contributed by atoms with Crippen molar-refractivity contribution in [2.45, 2.75) is 60.0 Å². The molecule has 32 heavy (non-hydrogen) atoms. The summed E-state index contributed by atoms with van der Waals surface area (Å²) >= 11 is 0. The lowest BCUT2D eigenvalue weighted by atomic mass is 9.89. The highest BCUT2D eigenvalue weighted by Crippen LogP contribution is 2.32. The Bertz CT molecular complexity index is 898. The van der Waals surface area contributed by atoms with Gasteiger partial charge >= 0.3 is 11.9 Å². The summed E-state index contributed by atoms with van der Waals surface area (Å²) in [6.07, 6.45) is 4.34. The summed E-state index contributed by atoms with van der Waals surface area (Å²) in [6.45, 7) is 11.5. The summed E-state index contributed by atoms with van der Waals surface area (Å²) < 4.78 is 31.2. The molecule has 1 aliphatic carbocycles. The number of carboxylic acids is 1. The van der Waals surface area contributed by atoms with Crippen LogP contribution in [0, 0.1) is 17.7 Å². The Kier molecular flexibility index (Phi) is 8.87. The minimum absolute atomic E-state index is 0.0105. The largest absolute Gasteiger partial charge is 0.491 e. The number of carbonyl (C=O) groups is 2. The van der Waals surface area contributed by atoms with E-state index >= 15 is 0 Å². The van der Waals surface area contributed by atoms with Crippen LogP contribution in [0.4, 0.5) is 4.39 Å². The van der Waals surface area contributed by atoms with Gasteiger partial charge in [-0.3, -0.25) is 4.79 Å². The van der Waals surface area contributed by atoms with Crippen LogP contribution in [0.1, 0.15) is 69.8 Å². The summed E-state index contributed by atoms with van der Waals surface area (Å²) in [5.41, 5.74) is 1.17. The van der Waals surface area contributed by atoms with Crippen LogP contribution in [0.25, 0.3) is 0 Å². The Labute approximate surface area is 189 Å². The quantitative estimate of drug-likeness (QED) is 0.377. The van der Waals surface area contributed by atoms with Crippen LogP contribution >= 0.6 is 0 Å². The lowest BCUT2D eigenvalue weighted by Gasteiger charge is -2.25. The monoisotopic (exact) mass is 448 g/mol. The molecule has 0 aromatic heterocycles. The first-order chi connectivity index (χ1) is 15.0. The maximum absolute atomic E-state index is 14.4. The molecule has 0 saturated heterocycles. The second-order valence-electron chi connectivity index (χ2n) is 8.70. The molecule has 0 heterocycles. The molecule has 0 fully saturated rings. The predicted octanol–water partition coefficient (Wildman–Crippen LogP) is 5.48. The third-order valence-corrected chi connectivity index (χ3v) is 5.02. The second kappa shape index (κ2) is 11.2. The molecule has 1 aliphatic rings. The number of rotatable bonds is 10. The van der Waals surface area contributed by atoms with Crippen LogP contribution in [0.3, 0.4) is 0 Å². The van der Waals surface area contributed by atoms with Gasteiger partial charge in [0.15, 0.2) is 0 Å². The van der Waals surface area contributed by atoms with Gasteiger partial charge in [0.05, 0.1) is 17.6 Å². The number of halogens is 1. The molecule has 7 heteroatoms. The third kappa shape index (κ3) is 6.58. The minimum Gasteiger partial charge on any atom is -0.491 e. The molecule has 0 bridgehead atoms. The van der Waals surface area contributed by atoms with Crippen LogP contribution in [-0.2, 0) is 14.3 Å². The van der Waals surface area contributed by atoms with Crippen LogP contribution in [0.15, 0.2) is 35.6 Å². The molecule has 1 N–H and O–H groups in total. The van der Waals surface area contributed by atoms with Gasteiger partial charge in [-0.05, 0) is 55.9 Å². The van der Waals surface area contributed by atoms with Crippen molar-refractivity contribution in [3.05, 3.63) is 52.6 Å². The molecule has 0 radical (unpaired) electrons. The number of allylic oxidation sites excluding steroid dienone is 2. The van der Waals surface area contributed by atoms with E-state index in [1.807, 2.05) is 19.9 Å². The summed E-state index contributed by atoms with van der Waals surface area (Å²) in [4.78, 5) is 23.8. The fourth-order valence-electron chi connectivity index (χ4n) is 3.54. The topological polar surface area (TPSA) is 82.1 Å². The first kappa shape index (κ1) is 25.4. The third-order valence-electron chi connectivity index (χ3n) is 5.02. The molecular weight excluding hydrogens is 415 g/mol. The number of ether oxygens (including phenoxy) is 3. The molecule has 1 aromatic carbocycles. The molecule has 0 spiro atoms. The molecule has 6 nitrogen and oxygen atoms in total. The Morgan fingerprint density at radius 2 is 1.78 bits per heavy atom. The van der Waals surface area contributed by atoms with E-state index in [0.717, 1.165) is 11.6 Å². The van der Waals surface area contributed by atoms with Gasteiger partial charge in [0.1, 0.15) is 30.5 Å². The number of aromatic carboxylic acids is 1. The standard InChI is InChI=1S/C25H33FO6/c1-14(2)19-8-7-17(12-21(19)32-16(5)6)25(29)31-10-9-30-22-13-18(24(27)28)11-20(26)23(22)15(3)4/h8,11-17H,7,9-10H2,1-6H3,(H,27,28). The van der Waals surface area contributed by atoms with Crippen molar-refractivity contribution in [3.8, 4) is 5.75 Å². The lowest BCUT2D eigenvalue weighted by molar-refractivity contribution is -0.147. The van der Waals surface area contributed by atoms with E-state index in [9.17, 15) is 14.0 Å². The molecule has 1 atom stereocenters. The van der Waals surface area contributed by atoms with Gasteiger partial charge in [0.25, 0.3) is 0 Å². The highest BCUT2D eigenvalue weighted by Gasteiger charge is 2.26. The number of benzene rings is 1. The van der Waals surface area contributed by atoms with E-state index in [1.165, 1.54) is 6.07 Å². The van der Waals surface area contributed by atoms with E-state index in [1.54, 1.807) is 19.9 Å². The van der Waals surface area contributed by atoms with Crippen LogP contribution in [-0.4, -0.2) is 36.4 Å². The smallest absolute Gasteiger partial charge is 0.335 e. The summed E-state index contributed by atoms with van der Waals surface area (Å²) in [7, 11) is 0. The van der Waals surface area contributed by atoms with Crippen LogP contribution in [0.5, 0.6) is 5.75 Å². The zero-order valence-electron chi connectivity index (χ0n) is 19.6. The van der Waals surface area contributed by atoms with E-state index in [2.05, 4.69) is 13.8 Å². The summed E-state index contributed by atoms with van der Waals surface area (Å²) in [5.74, 6) is -1.80. The molecular formula is C25H33FO6. The summed E-state index contributed by atoms with van der Waals surface area (Å²) in [5, 5.41) is 9.17. The first-order valence-corrected chi connectivity index (χ1v) is 11.0. The highest BCUT2D eigenvalue weighted by atomic mass is 19.1. The molecule has 0 aliphatic heterocycles. The van der Waals surface area contributed by atoms with E-state index in [-0.39, 0.29) is 42.5 Å². The lowest BCUT2D eigenvalue weighted by Crippen LogP contribution is -2.23. The average molecular weight is 449 g/mol. The number of hydrogen-bond donors (Lipinski definition) is 1. The van der Waals surface area contributed by atoms with E-state index in [0.29, 0.717) is 17.7 Å². The number of esters is 1. The highest BCUT2D eigenvalue weighted by molar-refractivity contribution is 5.88. The van der Waals surface area contributed by atoms with Gasteiger partial charge in [0, 0.05) is 5.56 Å². The van der Waals surface area contributed by atoms with Crippen molar-refractivity contribution in [2.24, 2.45) is 11.8 Å². The van der Waals surface area contributed by atoms with Crippen LogP contribution < -0.4 is 4.74 Å². The van der Waals surface area contributed by atoms with Gasteiger partial charge in [-0.1, -0.05) is 33.8 Å². The fourth-order valence-corrected chi connectivity index (χ4v) is 3.54. The van der Waals surface area contributed by atoms with Crippen molar-refractivity contribution in [1.82, 2.24) is 0 Å². The molecule has 1 unspecified atom stereocenters. The van der Waals surface area contributed by atoms with Gasteiger partial charge in [-0.15, -0.1) is 0 Å². The van der Waals surface area contributed by atoms with E-state index in [4.69, 9.17) is 19.3 Å². The van der Waals surface area contributed by atoms with Gasteiger partial charge in [-0.2, -0.15) is 0 Å². The van der Waals surface area contributed by atoms with E-state index < -0.39 is 23.7 Å². The van der Waals surface area contributed by atoms with Crippen molar-refractivity contribution in [2.75, 3.05) is 13.2 Å². The van der Waals surface area contributed by atoms with Crippen molar-refractivity contribution in [3.63, 3.8) is 0 Å². The van der Waals surface area contributed by atoms with Crippen LogP contribution in [0.2, 0.25) is 0 Å². The molecule has 0 saturated carbocycles. The Balaban J connectivity index is 2.00. The maximum Gasteiger partial charge on any atom is 0.335 e. The molecule has 2 rings (SSSR count). The zero-order valence-corrected chi connectivity index (χ0v) is 19.6. The number of carboxylic acid groups (broad SMARTS) is 1. The minimum atomic E-state index is -1.24. The molecule has 0 amide bonds. The second-order valence-corrected chi connectivity index (χ2v) is 8.70. The van der Waals surface area contributed by atoms with Gasteiger partial charge in [0.2, 0.25) is 0 Å². The Hall–Kier alpha value is -2.83. The Morgan fingerprint density at radius 3 is 2.34 bits per heavy atom. The van der Waals surface area contributed by atoms with Crippen molar-refractivity contribution < 1.29 is 33.3 Å².